The number of aliphatic carboxylic acids is 1. The Hall–Kier alpha value is -1.40. The molecule has 0 radical (unpaired) electrons. The molecular formula is C16H11Cl3N2O2S. The van der Waals surface area contributed by atoms with Crippen LogP contribution in [0.1, 0.15) is 0 Å². The van der Waals surface area contributed by atoms with Crippen LogP contribution in [-0.2, 0) is 4.79 Å². The van der Waals surface area contributed by atoms with Crippen molar-refractivity contribution >= 4 is 63.9 Å². The maximum Gasteiger partial charge on any atom is 0.356 e. The lowest BCUT2D eigenvalue weighted by atomic mass is 9.89. The first-order valence-electron chi connectivity index (χ1n) is 6.80. The summed E-state index contributed by atoms with van der Waals surface area (Å²) in [4.78, 5) is 11.6. The molecule has 2 aliphatic heterocycles. The van der Waals surface area contributed by atoms with Crippen LogP contribution in [0.3, 0.4) is 0 Å². The van der Waals surface area contributed by atoms with E-state index >= 15 is 0 Å². The van der Waals surface area contributed by atoms with E-state index in [1.54, 1.807) is 35.4 Å². The molecule has 24 heavy (non-hydrogen) atoms. The smallest absolute Gasteiger partial charge is 0.356 e. The molecule has 8 heteroatoms. The van der Waals surface area contributed by atoms with Crippen molar-refractivity contribution in [2.45, 2.75) is 5.54 Å². The molecule has 2 heterocycles. The highest BCUT2D eigenvalue weighted by Gasteiger charge is 2.48. The van der Waals surface area contributed by atoms with E-state index in [-0.39, 0.29) is 5.71 Å². The van der Waals surface area contributed by atoms with Gasteiger partial charge in [0, 0.05) is 16.3 Å². The second-order valence-electron chi connectivity index (χ2n) is 5.18. The number of anilines is 1. The minimum atomic E-state index is -1.14. The third-order valence-corrected chi connectivity index (χ3v) is 5.74. The van der Waals surface area contributed by atoms with E-state index in [1.807, 2.05) is 6.08 Å². The summed E-state index contributed by atoms with van der Waals surface area (Å²) < 4.78 is 0.599. The summed E-state index contributed by atoms with van der Waals surface area (Å²) in [6, 6.07) is 4.96. The van der Waals surface area contributed by atoms with Gasteiger partial charge in [0.25, 0.3) is 0 Å². The molecular weight excluding hydrogens is 391 g/mol. The van der Waals surface area contributed by atoms with Crippen LogP contribution in [0.2, 0.25) is 10.0 Å². The SMILES string of the molecule is C=C1C(C(=O)O)=NN(c2ccc(Cl)cc2Cl)C12C=CC=C(Cl)SC2. The molecule has 1 atom stereocenters. The van der Waals surface area contributed by atoms with E-state index in [0.717, 1.165) is 0 Å². The summed E-state index contributed by atoms with van der Waals surface area (Å²) >= 11 is 19.8. The first-order chi connectivity index (χ1) is 11.3. The number of hydrogen-bond donors (Lipinski definition) is 1. The van der Waals surface area contributed by atoms with Crippen LogP contribution in [0.5, 0.6) is 0 Å². The summed E-state index contributed by atoms with van der Waals surface area (Å²) in [6.07, 6.45) is 5.35. The lowest BCUT2D eigenvalue weighted by Crippen LogP contribution is -2.45. The Labute approximate surface area is 158 Å². The summed E-state index contributed by atoms with van der Waals surface area (Å²) in [5.74, 6) is -0.703. The molecule has 124 valence electrons. The maximum atomic E-state index is 11.6. The molecule has 0 amide bonds. The number of thioether (sulfide) groups is 1. The zero-order valence-electron chi connectivity index (χ0n) is 12.2. The molecule has 1 aromatic rings. The van der Waals surface area contributed by atoms with Crippen molar-refractivity contribution in [3.8, 4) is 0 Å². The number of nitrogens with zero attached hydrogens (tertiary/aromatic N) is 2. The average molecular weight is 402 g/mol. The van der Waals surface area contributed by atoms with Gasteiger partial charge >= 0.3 is 5.97 Å². The van der Waals surface area contributed by atoms with Crippen LogP contribution in [0, 0.1) is 0 Å². The van der Waals surface area contributed by atoms with Crippen LogP contribution in [0.25, 0.3) is 0 Å². The predicted molar refractivity (Wildman–Crippen MR) is 101 cm³/mol. The molecule has 1 aromatic carbocycles. The van der Waals surface area contributed by atoms with E-state index < -0.39 is 11.5 Å². The van der Waals surface area contributed by atoms with Crippen molar-refractivity contribution in [3.63, 3.8) is 0 Å². The number of allylic oxidation sites excluding steroid dienone is 2. The van der Waals surface area contributed by atoms with Crippen LogP contribution in [0.4, 0.5) is 5.69 Å². The molecule has 0 saturated heterocycles. The Morgan fingerprint density at radius 3 is 2.79 bits per heavy atom. The van der Waals surface area contributed by atoms with E-state index in [1.165, 1.54) is 11.8 Å². The fourth-order valence-electron chi connectivity index (χ4n) is 2.55. The minimum Gasteiger partial charge on any atom is -0.476 e. The highest BCUT2D eigenvalue weighted by atomic mass is 35.5. The highest BCUT2D eigenvalue weighted by molar-refractivity contribution is 8.04. The Balaban J connectivity index is 2.16. The molecule has 0 aliphatic carbocycles. The van der Waals surface area contributed by atoms with Gasteiger partial charge in [0.15, 0.2) is 5.71 Å². The highest BCUT2D eigenvalue weighted by Crippen LogP contribution is 2.45. The molecule has 1 N–H and O–H groups in total. The Morgan fingerprint density at radius 1 is 1.38 bits per heavy atom. The van der Waals surface area contributed by atoms with Crippen LogP contribution >= 0.6 is 46.6 Å². The molecule has 1 unspecified atom stereocenters. The third kappa shape index (κ3) is 2.86. The van der Waals surface area contributed by atoms with Gasteiger partial charge in [0.05, 0.1) is 15.1 Å². The first kappa shape index (κ1) is 17.4. The van der Waals surface area contributed by atoms with Crippen molar-refractivity contribution in [2.24, 2.45) is 5.10 Å². The first-order valence-corrected chi connectivity index (χ1v) is 8.92. The van der Waals surface area contributed by atoms with Crippen molar-refractivity contribution < 1.29 is 9.90 Å². The molecule has 0 aromatic heterocycles. The van der Waals surface area contributed by atoms with Gasteiger partial charge in [-0.1, -0.05) is 53.5 Å². The van der Waals surface area contributed by atoms with Gasteiger partial charge in [0.2, 0.25) is 0 Å². The average Bonchev–Trinajstić information content (AvgIpc) is 2.66. The van der Waals surface area contributed by atoms with Crippen LogP contribution in [0.15, 0.2) is 58.0 Å². The fourth-order valence-corrected chi connectivity index (χ4v) is 4.20. The molecule has 4 nitrogen and oxygen atoms in total. The second kappa shape index (κ2) is 6.48. The Bertz CT molecular complexity index is 835. The number of hydrazone groups is 1. The third-order valence-electron chi connectivity index (χ3n) is 3.76. The number of carboxylic acid groups (broad SMARTS) is 1. The number of rotatable bonds is 2. The lowest BCUT2D eigenvalue weighted by molar-refractivity contribution is -0.129. The molecule has 0 fully saturated rings. The van der Waals surface area contributed by atoms with Crippen molar-refractivity contribution in [3.05, 3.63) is 63.0 Å². The van der Waals surface area contributed by atoms with Gasteiger partial charge in [-0.05, 0) is 24.3 Å². The van der Waals surface area contributed by atoms with E-state index in [2.05, 4.69) is 11.7 Å². The normalized spacial score (nSPS) is 23.3. The fraction of sp³-hybridized carbons (Fsp3) is 0.125. The summed E-state index contributed by atoms with van der Waals surface area (Å²) in [5, 5.41) is 16.1. The number of carbonyl (C=O) groups is 1. The van der Waals surface area contributed by atoms with Gasteiger partial charge in [-0.3, -0.25) is 0 Å². The zero-order valence-corrected chi connectivity index (χ0v) is 15.3. The standard InChI is InChI=1S/C16H11Cl3N2O2S/c1-9-14(15(22)23)20-21(12-5-4-10(17)7-11(12)18)16(9)6-2-3-13(19)24-8-16/h2-7H,1,8H2,(H,22,23). The Kier molecular flexibility index (Phi) is 4.71. The monoisotopic (exact) mass is 400 g/mol. The topological polar surface area (TPSA) is 52.9 Å². The minimum absolute atomic E-state index is 0.107. The number of halogens is 3. The van der Waals surface area contributed by atoms with Gasteiger partial charge in [-0.2, -0.15) is 5.10 Å². The molecule has 0 saturated carbocycles. The summed E-state index contributed by atoms with van der Waals surface area (Å²) in [6.45, 7) is 3.97. The van der Waals surface area contributed by atoms with Gasteiger partial charge in [-0.15, -0.1) is 11.8 Å². The largest absolute Gasteiger partial charge is 0.476 e. The van der Waals surface area contributed by atoms with E-state index in [4.69, 9.17) is 34.8 Å². The van der Waals surface area contributed by atoms with E-state index in [0.29, 0.717) is 31.4 Å². The zero-order chi connectivity index (χ0) is 17.5. The quantitative estimate of drug-likeness (QED) is 0.763. The lowest BCUT2D eigenvalue weighted by Gasteiger charge is -2.35. The van der Waals surface area contributed by atoms with Crippen molar-refractivity contribution in [1.82, 2.24) is 0 Å². The van der Waals surface area contributed by atoms with Crippen molar-refractivity contribution in [2.75, 3.05) is 10.8 Å². The summed E-state index contributed by atoms with van der Waals surface area (Å²) in [5.41, 5.74) is -0.0567. The molecule has 2 aliphatic rings. The molecule has 0 bridgehead atoms. The second-order valence-corrected chi connectivity index (χ2v) is 7.67. The maximum absolute atomic E-state index is 11.6. The molecule has 1 spiro atoms. The number of benzene rings is 1. The van der Waals surface area contributed by atoms with Gasteiger partial charge < -0.3 is 5.11 Å². The van der Waals surface area contributed by atoms with Crippen molar-refractivity contribution in [1.29, 1.82) is 0 Å². The number of carboxylic acids is 1. The van der Waals surface area contributed by atoms with E-state index in [9.17, 15) is 9.90 Å². The van der Waals surface area contributed by atoms with Gasteiger partial charge in [-0.25, -0.2) is 9.80 Å². The Morgan fingerprint density at radius 2 is 2.12 bits per heavy atom. The van der Waals surface area contributed by atoms with Crippen LogP contribution in [-0.4, -0.2) is 28.1 Å². The molecule has 3 rings (SSSR count). The van der Waals surface area contributed by atoms with Crippen LogP contribution < -0.4 is 5.01 Å². The van der Waals surface area contributed by atoms with Gasteiger partial charge in [0.1, 0.15) is 5.54 Å². The summed E-state index contributed by atoms with van der Waals surface area (Å²) in [7, 11) is 0. The predicted octanol–water partition coefficient (Wildman–Crippen LogP) is 4.93. The number of hydrogen-bond acceptors (Lipinski definition) is 4.